The van der Waals surface area contributed by atoms with Crippen LogP contribution in [0.5, 0.6) is 0 Å². The van der Waals surface area contributed by atoms with Gasteiger partial charge in [0.15, 0.2) is 11.0 Å². The summed E-state index contributed by atoms with van der Waals surface area (Å²) < 4.78 is 4.99. The van der Waals surface area contributed by atoms with Gasteiger partial charge in [0.25, 0.3) is 0 Å². The molecule has 10 nitrogen and oxygen atoms in total. The molecule has 0 spiro atoms. The maximum Gasteiger partial charge on any atom is 0.407 e. The van der Waals surface area contributed by atoms with Crippen LogP contribution in [0.2, 0.25) is 0 Å². The molecule has 1 aliphatic heterocycles. The SMILES string of the molecule is CSc1nc(COC(C)=O)c(N)c(N2CCN(C(=O)O)C(CC#N)C2)n1. The molecule has 0 radical (unpaired) electrons. The molecule has 3 N–H and O–H groups in total. The number of aromatic nitrogens is 2. The molecule has 0 aliphatic carbocycles. The van der Waals surface area contributed by atoms with Gasteiger partial charge in [-0.05, 0) is 6.26 Å². The molecular formula is C15H20N6O4S. The average Bonchev–Trinajstić information content (AvgIpc) is 2.60. The van der Waals surface area contributed by atoms with Gasteiger partial charge in [0, 0.05) is 26.6 Å². The van der Waals surface area contributed by atoms with E-state index in [9.17, 15) is 14.7 Å². The van der Waals surface area contributed by atoms with E-state index in [1.165, 1.54) is 23.6 Å². The van der Waals surface area contributed by atoms with E-state index in [-0.39, 0.29) is 25.3 Å². The second-order valence-electron chi connectivity index (χ2n) is 5.61. The topological polar surface area (TPSA) is 146 Å². The van der Waals surface area contributed by atoms with E-state index in [0.717, 1.165) is 0 Å². The van der Waals surface area contributed by atoms with E-state index in [1.54, 1.807) is 0 Å². The van der Waals surface area contributed by atoms with Gasteiger partial charge in [0.05, 0.1) is 18.5 Å². The molecule has 0 bridgehead atoms. The van der Waals surface area contributed by atoms with Gasteiger partial charge in [0.1, 0.15) is 18.0 Å². The number of nitrogens with zero attached hydrogens (tertiary/aromatic N) is 5. The lowest BCUT2D eigenvalue weighted by molar-refractivity contribution is -0.142. The molecule has 11 heteroatoms. The maximum atomic E-state index is 11.3. The fourth-order valence-corrected chi connectivity index (χ4v) is 3.05. The molecule has 1 aliphatic rings. The fraction of sp³-hybridized carbons (Fsp3) is 0.533. The molecule has 0 saturated carbocycles. The number of hydrogen-bond acceptors (Lipinski definition) is 9. The third kappa shape index (κ3) is 4.45. The second-order valence-corrected chi connectivity index (χ2v) is 6.39. The highest BCUT2D eigenvalue weighted by molar-refractivity contribution is 7.98. The smallest absolute Gasteiger partial charge is 0.407 e. The average molecular weight is 380 g/mol. The lowest BCUT2D eigenvalue weighted by Crippen LogP contribution is -2.55. The van der Waals surface area contributed by atoms with Crippen molar-refractivity contribution in [3.63, 3.8) is 0 Å². The third-order valence-electron chi connectivity index (χ3n) is 3.93. The lowest BCUT2D eigenvalue weighted by Gasteiger charge is -2.40. The van der Waals surface area contributed by atoms with Crippen LogP contribution in [-0.4, -0.2) is 64.0 Å². The summed E-state index contributed by atoms with van der Waals surface area (Å²) in [4.78, 5) is 34.2. The molecule has 1 amide bonds. The number of piperazine rings is 1. The standard InChI is InChI=1S/C15H20N6O4S/c1-9(22)25-8-11-12(17)13(19-14(18-11)26-2)20-5-6-21(15(23)24)10(7-20)3-4-16/h10H,3,5-8,17H2,1-2H3,(H,23,24). The van der Waals surface area contributed by atoms with Crippen LogP contribution in [0.1, 0.15) is 19.0 Å². The predicted octanol–water partition coefficient (Wildman–Crippen LogP) is 0.926. The first-order chi connectivity index (χ1) is 12.4. The van der Waals surface area contributed by atoms with Crippen molar-refractivity contribution in [3.05, 3.63) is 5.69 Å². The first-order valence-corrected chi connectivity index (χ1v) is 9.05. The van der Waals surface area contributed by atoms with Gasteiger partial charge in [-0.25, -0.2) is 14.8 Å². The summed E-state index contributed by atoms with van der Waals surface area (Å²) in [5, 5.41) is 18.7. The number of anilines is 2. The Morgan fingerprint density at radius 1 is 1.46 bits per heavy atom. The quantitative estimate of drug-likeness (QED) is 0.429. The Hall–Kier alpha value is -2.74. The van der Waals surface area contributed by atoms with Crippen LogP contribution in [0.15, 0.2) is 5.16 Å². The molecule has 2 heterocycles. The summed E-state index contributed by atoms with van der Waals surface area (Å²) >= 11 is 1.32. The first kappa shape index (κ1) is 19.6. The second kappa shape index (κ2) is 8.57. The van der Waals surface area contributed by atoms with Crippen LogP contribution in [0.3, 0.4) is 0 Å². The third-order valence-corrected chi connectivity index (χ3v) is 4.48. The van der Waals surface area contributed by atoms with Gasteiger partial charge >= 0.3 is 12.1 Å². The van der Waals surface area contributed by atoms with Crippen LogP contribution in [0, 0.1) is 11.3 Å². The molecule has 0 aromatic carbocycles. The van der Waals surface area contributed by atoms with E-state index < -0.39 is 18.1 Å². The Bertz CT molecular complexity index is 738. The number of carbonyl (C=O) groups is 2. The number of carboxylic acid groups (broad SMARTS) is 1. The number of esters is 1. The van der Waals surface area contributed by atoms with Gasteiger partial charge in [0.2, 0.25) is 0 Å². The summed E-state index contributed by atoms with van der Waals surface area (Å²) in [7, 11) is 0. The fourth-order valence-electron chi connectivity index (χ4n) is 2.67. The van der Waals surface area contributed by atoms with Crippen molar-refractivity contribution in [2.24, 2.45) is 0 Å². The summed E-state index contributed by atoms with van der Waals surface area (Å²) in [5.41, 5.74) is 6.85. The van der Waals surface area contributed by atoms with Gasteiger partial charge in [-0.1, -0.05) is 11.8 Å². The molecular weight excluding hydrogens is 360 g/mol. The zero-order valence-corrected chi connectivity index (χ0v) is 15.3. The molecule has 1 atom stereocenters. The van der Waals surface area contributed by atoms with Crippen molar-refractivity contribution in [1.82, 2.24) is 14.9 Å². The predicted molar refractivity (Wildman–Crippen MR) is 94.7 cm³/mol. The zero-order chi connectivity index (χ0) is 19.3. The summed E-state index contributed by atoms with van der Waals surface area (Å²) in [5.74, 6) is 0.0129. The minimum atomic E-state index is -1.05. The van der Waals surface area contributed by atoms with Gasteiger partial charge in [-0.2, -0.15) is 5.26 Å². The van der Waals surface area contributed by atoms with Crippen molar-refractivity contribution in [2.45, 2.75) is 31.1 Å². The Morgan fingerprint density at radius 3 is 2.77 bits per heavy atom. The first-order valence-electron chi connectivity index (χ1n) is 7.82. The van der Waals surface area contributed by atoms with Gasteiger partial charge < -0.3 is 25.4 Å². The van der Waals surface area contributed by atoms with E-state index in [4.69, 9.17) is 15.7 Å². The van der Waals surface area contributed by atoms with Gasteiger partial charge in [-0.3, -0.25) is 4.79 Å². The van der Waals surface area contributed by atoms with Crippen LogP contribution < -0.4 is 10.6 Å². The number of nitriles is 1. The Balaban J connectivity index is 2.32. The number of nitrogen functional groups attached to an aromatic ring is 1. The largest absolute Gasteiger partial charge is 0.465 e. The van der Waals surface area contributed by atoms with Crippen LogP contribution in [-0.2, 0) is 16.1 Å². The summed E-state index contributed by atoms with van der Waals surface area (Å²) in [6, 6.07) is 1.54. The van der Waals surface area contributed by atoms with Crippen molar-refractivity contribution in [1.29, 1.82) is 5.26 Å². The lowest BCUT2D eigenvalue weighted by atomic mass is 10.1. The van der Waals surface area contributed by atoms with Crippen LogP contribution in [0.25, 0.3) is 0 Å². The minimum absolute atomic E-state index is 0.0685. The molecule has 1 aromatic rings. The molecule has 140 valence electrons. The van der Waals surface area contributed by atoms with Crippen LogP contribution in [0.4, 0.5) is 16.3 Å². The van der Waals surface area contributed by atoms with E-state index >= 15 is 0 Å². The van der Waals surface area contributed by atoms with E-state index in [0.29, 0.717) is 29.8 Å². The van der Waals surface area contributed by atoms with E-state index in [1.807, 2.05) is 17.2 Å². The number of hydrogen-bond donors (Lipinski definition) is 2. The van der Waals surface area contributed by atoms with Crippen molar-refractivity contribution >= 4 is 35.3 Å². The highest BCUT2D eigenvalue weighted by Gasteiger charge is 2.32. The number of thioether (sulfide) groups is 1. The zero-order valence-electron chi connectivity index (χ0n) is 14.5. The summed E-state index contributed by atoms with van der Waals surface area (Å²) in [6.45, 7) is 2.14. The Kier molecular flexibility index (Phi) is 6.46. The number of amides is 1. The molecule has 1 fully saturated rings. The monoisotopic (exact) mass is 380 g/mol. The van der Waals surface area contributed by atoms with Crippen molar-refractivity contribution in [2.75, 3.05) is 36.5 Å². The number of carbonyl (C=O) groups excluding carboxylic acids is 1. The minimum Gasteiger partial charge on any atom is -0.465 e. The van der Waals surface area contributed by atoms with Gasteiger partial charge in [-0.15, -0.1) is 0 Å². The normalized spacial score (nSPS) is 16.9. The number of rotatable bonds is 5. The molecule has 2 rings (SSSR count). The molecule has 1 unspecified atom stereocenters. The number of nitrogens with two attached hydrogens (primary N) is 1. The van der Waals surface area contributed by atoms with E-state index in [2.05, 4.69) is 9.97 Å². The number of ether oxygens (including phenoxy) is 1. The Labute approximate surface area is 154 Å². The molecule has 1 aromatic heterocycles. The molecule has 1 saturated heterocycles. The molecule has 26 heavy (non-hydrogen) atoms. The van der Waals surface area contributed by atoms with Crippen molar-refractivity contribution in [3.8, 4) is 6.07 Å². The van der Waals surface area contributed by atoms with Crippen molar-refractivity contribution < 1.29 is 19.4 Å². The Morgan fingerprint density at radius 2 is 2.19 bits per heavy atom. The highest BCUT2D eigenvalue weighted by Crippen LogP contribution is 2.29. The summed E-state index contributed by atoms with van der Waals surface area (Å²) in [6.07, 6.45) is 0.829. The highest BCUT2D eigenvalue weighted by atomic mass is 32.2. The van der Waals surface area contributed by atoms with Crippen LogP contribution >= 0.6 is 11.8 Å². The maximum absolute atomic E-state index is 11.3.